The smallest absolute Gasteiger partial charge is 0.416 e. The van der Waals surface area contributed by atoms with E-state index in [-0.39, 0.29) is 25.4 Å². The lowest BCUT2D eigenvalue weighted by atomic mass is 10.1. The van der Waals surface area contributed by atoms with Gasteiger partial charge in [-0.1, -0.05) is 31.1 Å². The van der Waals surface area contributed by atoms with Gasteiger partial charge in [0.05, 0.1) is 12.0 Å². The fourth-order valence-corrected chi connectivity index (χ4v) is 1.84. The molecule has 0 aliphatic carbocycles. The van der Waals surface area contributed by atoms with Gasteiger partial charge in [0, 0.05) is 12.3 Å². The number of esters is 1. The van der Waals surface area contributed by atoms with Gasteiger partial charge >= 0.3 is 12.1 Å². The molecule has 5 nitrogen and oxygen atoms in total. The van der Waals surface area contributed by atoms with Gasteiger partial charge in [-0.2, -0.15) is 18.2 Å². The van der Waals surface area contributed by atoms with Crippen LogP contribution < -0.4 is 0 Å². The molecule has 0 N–H and O–H groups in total. The predicted molar refractivity (Wildman–Crippen MR) is 77.9 cm³/mol. The molecule has 0 spiro atoms. The average Bonchev–Trinajstić information content (AvgIpc) is 3.00. The number of alkyl halides is 3. The third-order valence-electron chi connectivity index (χ3n) is 3.22. The summed E-state index contributed by atoms with van der Waals surface area (Å²) in [5.74, 6) is 0.571. The van der Waals surface area contributed by atoms with Crippen molar-refractivity contribution in [1.29, 1.82) is 0 Å². The van der Waals surface area contributed by atoms with E-state index in [0.717, 1.165) is 12.1 Å². The van der Waals surface area contributed by atoms with E-state index in [1.165, 1.54) is 12.1 Å². The summed E-state index contributed by atoms with van der Waals surface area (Å²) in [4.78, 5) is 15.8. The van der Waals surface area contributed by atoms with Crippen LogP contribution in [0.4, 0.5) is 13.2 Å². The van der Waals surface area contributed by atoms with Crippen LogP contribution in [0.1, 0.15) is 49.0 Å². The van der Waals surface area contributed by atoms with Crippen molar-refractivity contribution in [2.24, 2.45) is 0 Å². The number of hydrogen-bond donors (Lipinski definition) is 0. The number of halogens is 3. The minimum atomic E-state index is -4.38. The molecule has 1 aromatic heterocycles. The third kappa shape index (κ3) is 5.07. The highest BCUT2D eigenvalue weighted by Gasteiger charge is 2.29. The topological polar surface area (TPSA) is 65.2 Å². The number of benzene rings is 1. The van der Waals surface area contributed by atoms with E-state index in [9.17, 15) is 18.0 Å². The molecule has 0 aliphatic rings. The van der Waals surface area contributed by atoms with E-state index in [1.54, 1.807) is 0 Å². The third-order valence-corrected chi connectivity index (χ3v) is 3.22. The van der Waals surface area contributed by atoms with Gasteiger partial charge < -0.3 is 9.26 Å². The maximum atomic E-state index is 12.4. The number of hydrogen-bond acceptors (Lipinski definition) is 5. The summed E-state index contributed by atoms with van der Waals surface area (Å²) in [6.45, 7) is 3.76. The van der Waals surface area contributed by atoms with Crippen molar-refractivity contribution < 1.29 is 27.2 Å². The van der Waals surface area contributed by atoms with Crippen LogP contribution in [0.25, 0.3) is 0 Å². The Balaban J connectivity index is 1.78. The molecule has 0 bridgehead atoms. The summed E-state index contributed by atoms with van der Waals surface area (Å²) >= 11 is 0. The first-order chi connectivity index (χ1) is 11.3. The molecule has 8 heteroatoms. The molecule has 1 heterocycles. The molecule has 2 aromatic rings. The first-order valence-electron chi connectivity index (χ1n) is 7.40. The van der Waals surface area contributed by atoms with Gasteiger partial charge in [0.1, 0.15) is 6.61 Å². The highest BCUT2D eigenvalue weighted by molar-refractivity contribution is 5.69. The van der Waals surface area contributed by atoms with Crippen LogP contribution in [-0.2, 0) is 28.7 Å². The van der Waals surface area contributed by atoms with Crippen molar-refractivity contribution in [2.45, 2.75) is 45.4 Å². The molecule has 0 radical (unpaired) electrons. The first kappa shape index (κ1) is 18.0. The highest BCUT2D eigenvalue weighted by atomic mass is 19.4. The minimum Gasteiger partial charge on any atom is -0.461 e. The molecule has 0 unspecified atom stereocenters. The molecular weight excluding hydrogens is 325 g/mol. The van der Waals surface area contributed by atoms with Crippen molar-refractivity contribution in [2.75, 3.05) is 0 Å². The van der Waals surface area contributed by atoms with Gasteiger partial charge in [-0.05, 0) is 17.7 Å². The molecule has 130 valence electrons. The Morgan fingerprint density at radius 2 is 1.92 bits per heavy atom. The molecule has 0 saturated carbocycles. The van der Waals surface area contributed by atoms with Crippen molar-refractivity contribution in [1.82, 2.24) is 10.1 Å². The van der Waals surface area contributed by atoms with Gasteiger partial charge in [-0.3, -0.25) is 4.79 Å². The fraction of sp³-hybridized carbons (Fsp3) is 0.438. The molecule has 0 saturated heterocycles. The summed E-state index contributed by atoms with van der Waals surface area (Å²) < 4.78 is 47.4. The lowest BCUT2D eigenvalue weighted by Crippen LogP contribution is -2.07. The van der Waals surface area contributed by atoms with Crippen molar-refractivity contribution in [3.05, 3.63) is 47.1 Å². The van der Waals surface area contributed by atoms with E-state index in [1.807, 2.05) is 13.8 Å². The zero-order chi connectivity index (χ0) is 17.7. The molecule has 2 rings (SSSR count). The van der Waals surface area contributed by atoms with E-state index in [2.05, 4.69) is 10.1 Å². The molecule has 0 atom stereocenters. The maximum Gasteiger partial charge on any atom is 0.416 e. The number of nitrogens with zero attached hydrogens (tertiary/aromatic N) is 2. The van der Waals surface area contributed by atoms with Crippen LogP contribution in [0.2, 0.25) is 0 Å². The Bertz CT molecular complexity index is 679. The quantitative estimate of drug-likeness (QED) is 0.745. The number of carbonyl (C=O) groups excluding carboxylic acids is 1. The summed E-state index contributed by atoms with van der Waals surface area (Å²) in [7, 11) is 0. The Kier molecular flexibility index (Phi) is 5.58. The molecule has 0 aliphatic heterocycles. The number of aryl methyl sites for hydroxylation is 1. The maximum absolute atomic E-state index is 12.4. The largest absolute Gasteiger partial charge is 0.461 e. The summed E-state index contributed by atoms with van der Waals surface area (Å²) in [6, 6.07) is 4.47. The second-order valence-corrected chi connectivity index (χ2v) is 5.56. The van der Waals surface area contributed by atoms with Crippen LogP contribution in [0.15, 0.2) is 28.8 Å². The SMILES string of the molecule is CC(C)c1noc(CCC(=O)OCc2ccc(C(F)(F)F)cc2)n1. The average molecular weight is 342 g/mol. The van der Waals surface area contributed by atoms with Gasteiger partial charge in [0.15, 0.2) is 5.82 Å². The molecular formula is C16H17F3N2O3. The number of rotatable bonds is 6. The predicted octanol–water partition coefficient (Wildman–Crippen LogP) is 3.89. The number of aromatic nitrogens is 2. The van der Waals surface area contributed by atoms with Crippen LogP contribution in [0.5, 0.6) is 0 Å². The molecule has 0 amide bonds. The highest BCUT2D eigenvalue weighted by Crippen LogP contribution is 2.29. The van der Waals surface area contributed by atoms with E-state index < -0.39 is 17.7 Å². The zero-order valence-electron chi connectivity index (χ0n) is 13.3. The van der Waals surface area contributed by atoms with E-state index >= 15 is 0 Å². The Hall–Kier alpha value is -2.38. The van der Waals surface area contributed by atoms with E-state index in [0.29, 0.717) is 17.3 Å². The standard InChI is InChI=1S/C16H17F3N2O3/c1-10(2)15-20-13(24-21-15)7-8-14(22)23-9-11-3-5-12(6-4-11)16(17,18)19/h3-6,10H,7-9H2,1-2H3. The minimum absolute atomic E-state index is 0.0559. The first-order valence-corrected chi connectivity index (χ1v) is 7.40. The summed E-state index contributed by atoms with van der Waals surface area (Å²) in [5.41, 5.74) is -0.258. The van der Waals surface area contributed by atoms with Gasteiger partial charge in [0.25, 0.3) is 0 Å². The van der Waals surface area contributed by atoms with Crippen molar-refractivity contribution >= 4 is 5.97 Å². The van der Waals surface area contributed by atoms with Crippen molar-refractivity contribution in [3.63, 3.8) is 0 Å². The fourth-order valence-electron chi connectivity index (χ4n) is 1.84. The monoisotopic (exact) mass is 342 g/mol. The normalized spacial score (nSPS) is 11.8. The lowest BCUT2D eigenvalue weighted by Gasteiger charge is -2.08. The van der Waals surface area contributed by atoms with Gasteiger partial charge in [0.2, 0.25) is 5.89 Å². The Labute approximate surface area is 136 Å². The Morgan fingerprint density at radius 3 is 2.46 bits per heavy atom. The second kappa shape index (κ2) is 7.46. The van der Waals surface area contributed by atoms with Crippen LogP contribution in [0, 0.1) is 0 Å². The summed E-state index contributed by atoms with van der Waals surface area (Å²) in [5, 5.41) is 3.79. The Morgan fingerprint density at radius 1 is 1.25 bits per heavy atom. The van der Waals surface area contributed by atoms with Crippen molar-refractivity contribution in [3.8, 4) is 0 Å². The zero-order valence-corrected chi connectivity index (χ0v) is 13.3. The molecule has 1 aromatic carbocycles. The second-order valence-electron chi connectivity index (χ2n) is 5.56. The van der Waals surface area contributed by atoms with Crippen LogP contribution >= 0.6 is 0 Å². The van der Waals surface area contributed by atoms with Gasteiger partial charge in [-0.15, -0.1) is 0 Å². The number of carbonyl (C=O) groups is 1. The summed E-state index contributed by atoms with van der Waals surface area (Å²) in [6.07, 6.45) is -4.07. The van der Waals surface area contributed by atoms with Crippen LogP contribution in [0.3, 0.4) is 0 Å². The van der Waals surface area contributed by atoms with E-state index in [4.69, 9.17) is 9.26 Å². The molecule has 24 heavy (non-hydrogen) atoms. The number of ether oxygens (including phenoxy) is 1. The van der Waals surface area contributed by atoms with Gasteiger partial charge in [-0.25, -0.2) is 0 Å². The lowest BCUT2D eigenvalue weighted by molar-refractivity contribution is -0.145. The molecule has 0 fully saturated rings. The van der Waals surface area contributed by atoms with Crippen LogP contribution in [-0.4, -0.2) is 16.1 Å².